The van der Waals surface area contributed by atoms with Crippen molar-refractivity contribution in [2.24, 2.45) is 11.7 Å². The molecule has 1 saturated heterocycles. The molecule has 0 aromatic carbocycles. The Morgan fingerprint density at radius 3 is 2.42 bits per heavy atom. The molecule has 12 heavy (non-hydrogen) atoms. The lowest BCUT2D eigenvalue weighted by molar-refractivity contribution is 0.108. The Bertz CT molecular complexity index is 145. The Labute approximate surface area is 80.9 Å². The summed E-state index contributed by atoms with van der Waals surface area (Å²) in [4.78, 5) is 2.57. The fourth-order valence-corrected chi connectivity index (χ4v) is 2.31. The molecule has 3 heteroatoms. The molecule has 2 fully saturated rings. The average molecular weight is 191 g/mol. The third kappa shape index (κ3) is 1.93. The van der Waals surface area contributed by atoms with Crippen LogP contribution in [-0.4, -0.2) is 30.1 Å². The van der Waals surface area contributed by atoms with Crippen LogP contribution in [0.1, 0.15) is 26.2 Å². The van der Waals surface area contributed by atoms with E-state index in [9.17, 15) is 0 Å². The molecule has 0 bridgehead atoms. The molecule has 0 amide bonds. The molecule has 1 aliphatic carbocycles. The number of halogens is 1. The van der Waals surface area contributed by atoms with Gasteiger partial charge in [-0.05, 0) is 25.2 Å². The van der Waals surface area contributed by atoms with E-state index in [0.717, 1.165) is 18.5 Å². The number of nitrogens with two attached hydrogens (primary N) is 1. The maximum atomic E-state index is 5.83. The highest BCUT2D eigenvalue weighted by Crippen LogP contribution is 2.32. The molecule has 1 atom stereocenters. The van der Waals surface area contributed by atoms with Crippen LogP contribution < -0.4 is 5.73 Å². The molecule has 2 N–H and O–H groups in total. The Kier molecular flexibility index (Phi) is 3.38. The molecule has 0 aromatic rings. The molecule has 0 unspecified atom stereocenters. The van der Waals surface area contributed by atoms with E-state index < -0.39 is 0 Å². The first-order chi connectivity index (χ1) is 5.25. The summed E-state index contributed by atoms with van der Waals surface area (Å²) >= 11 is 0. The van der Waals surface area contributed by atoms with Gasteiger partial charge in [0, 0.05) is 25.2 Å². The second kappa shape index (κ2) is 3.95. The summed E-state index contributed by atoms with van der Waals surface area (Å²) in [5.41, 5.74) is 5.83. The van der Waals surface area contributed by atoms with Gasteiger partial charge in [0.2, 0.25) is 0 Å². The number of rotatable bonds is 1. The van der Waals surface area contributed by atoms with E-state index in [0.29, 0.717) is 6.04 Å². The van der Waals surface area contributed by atoms with Crippen molar-refractivity contribution < 1.29 is 0 Å². The minimum absolute atomic E-state index is 0. The predicted molar refractivity (Wildman–Crippen MR) is 53.6 cm³/mol. The Morgan fingerprint density at radius 2 is 2.00 bits per heavy atom. The van der Waals surface area contributed by atoms with Crippen LogP contribution >= 0.6 is 12.4 Å². The first-order valence-electron chi connectivity index (χ1n) is 4.75. The minimum atomic E-state index is 0. The fraction of sp³-hybridized carbons (Fsp3) is 1.00. The second-order valence-electron chi connectivity index (χ2n) is 4.27. The highest BCUT2D eigenvalue weighted by Gasteiger charge is 2.33. The topological polar surface area (TPSA) is 29.3 Å². The van der Waals surface area contributed by atoms with Gasteiger partial charge in [0.05, 0.1) is 0 Å². The fourth-order valence-electron chi connectivity index (χ4n) is 2.31. The monoisotopic (exact) mass is 190 g/mol. The molecule has 2 aliphatic rings. The van der Waals surface area contributed by atoms with Crippen LogP contribution in [-0.2, 0) is 0 Å². The quantitative estimate of drug-likeness (QED) is 0.674. The molecule has 72 valence electrons. The van der Waals surface area contributed by atoms with Gasteiger partial charge in [-0.2, -0.15) is 0 Å². The molecule has 0 aromatic heterocycles. The highest BCUT2D eigenvalue weighted by atomic mass is 35.5. The third-order valence-electron chi connectivity index (χ3n) is 3.12. The van der Waals surface area contributed by atoms with Crippen LogP contribution in [0.2, 0.25) is 0 Å². The third-order valence-corrected chi connectivity index (χ3v) is 3.12. The molecular formula is C9H19ClN2. The number of hydrogen-bond donors (Lipinski definition) is 1. The van der Waals surface area contributed by atoms with Crippen LogP contribution in [0.4, 0.5) is 0 Å². The molecule has 2 nitrogen and oxygen atoms in total. The van der Waals surface area contributed by atoms with Crippen molar-refractivity contribution in [3.63, 3.8) is 0 Å². The van der Waals surface area contributed by atoms with Gasteiger partial charge in [0.15, 0.2) is 0 Å². The van der Waals surface area contributed by atoms with Crippen molar-refractivity contribution in [2.75, 3.05) is 13.1 Å². The lowest BCUT2D eigenvalue weighted by Crippen LogP contribution is -2.43. The van der Waals surface area contributed by atoms with Crippen molar-refractivity contribution in [1.29, 1.82) is 0 Å². The zero-order chi connectivity index (χ0) is 7.84. The maximum Gasteiger partial charge on any atom is 0.0180 e. The lowest BCUT2D eigenvalue weighted by Gasteiger charge is -2.39. The van der Waals surface area contributed by atoms with E-state index in [4.69, 9.17) is 5.73 Å². The van der Waals surface area contributed by atoms with E-state index in [1.54, 1.807) is 0 Å². The zero-order valence-electron chi connectivity index (χ0n) is 7.70. The molecular weight excluding hydrogens is 172 g/mol. The molecule has 2 rings (SSSR count). The van der Waals surface area contributed by atoms with E-state index >= 15 is 0 Å². The van der Waals surface area contributed by atoms with Crippen molar-refractivity contribution in [3.8, 4) is 0 Å². The Balaban J connectivity index is 0.000000720. The summed E-state index contributed by atoms with van der Waals surface area (Å²) in [7, 11) is 0. The zero-order valence-corrected chi connectivity index (χ0v) is 8.52. The van der Waals surface area contributed by atoms with Crippen LogP contribution in [0.15, 0.2) is 0 Å². The summed E-state index contributed by atoms with van der Waals surface area (Å²) < 4.78 is 0. The van der Waals surface area contributed by atoms with Gasteiger partial charge in [-0.1, -0.05) is 6.92 Å². The molecule has 1 heterocycles. The van der Waals surface area contributed by atoms with Crippen molar-refractivity contribution in [2.45, 2.75) is 38.3 Å². The van der Waals surface area contributed by atoms with Gasteiger partial charge >= 0.3 is 0 Å². The van der Waals surface area contributed by atoms with E-state index in [-0.39, 0.29) is 12.4 Å². The van der Waals surface area contributed by atoms with E-state index in [1.807, 2.05) is 0 Å². The van der Waals surface area contributed by atoms with Crippen LogP contribution in [0, 0.1) is 5.92 Å². The Hall–Kier alpha value is 0.210. The largest absolute Gasteiger partial charge is 0.326 e. The molecule has 1 aliphatic heterocycles. The van der Waals surface area contributed by atoms with Gasteiger partial charge in [-0.25, -0.2) is 0 Å². The van der Waals surface area contributed by atoms with E-state index in [2.05, 4.69) is 11.8 Å². The van der Waals surface area contributed by atoms with Crippen molar-refractivity contribution >= 4 is 12.4 Å². The number of nitrogens with zero attached hydrogens (tertiary/aromatic N) is 1. The number of hydrogen-bond acceptors (Lipinski definition) is 2. The smallest absolute Gasteiger partial charge is 0.0180 e. The van der Waals surface area contributed by atoms with Gasteiger partial charge in [0.25, 0.3) is 0 Å². The predicted octanol–water partition coefficient (Wildman–Crippen LogP) is 1.24. The molecule has 0 radical (unpaired) electrons. The summed E-state index contributed by atoms with van der Waals surface area (Å²) in [6, 6.07) is 1.35. The van der Waals surface area contributed by atoms with Crippen molar-refractivity contribution in [3.05, 3.63) is 0 Å². The van der Waals surface area contributed by atoms with Gasteiger partial charge in [-0.15, -0.1) is 12.4 Å². The van der Waals surface area contributed by atoms with Gasteiger partial charge in [-0.3, -0.25) is 4.90 Å². The average Bonchev–Trinajstić information content (AvgIpc) is 2.29. The SMILES string of the molecule is CC1CC(N2CC[C@@H](N)C2)C1.Cl. The Morgan fingerprint density at radius 1 is 1.33 bits per heavy atom. The van der Waals surface area contributed by atoms with Crippen molar-refractivity contribution in [1.82, 2.24) is 4.90 Å². The molecule has 0 spiro atoms. The first-order valence-corrected chi connectivity index (χ1v) is 4.75. The maximum absolute atomic E-state index is 5.83. The van der Waals surface area contributed by atoms with Gasteiger partial charge < -0.3 is 5.73 Å². The summed E-state index contributed by atoms with van der Waals surface area (Å²) in [5, 5.41) is 0. The first kappa shape index (κ1) is 10.3. The van der Waals surface area contributed by atoms with Crippen LogP contribution in [0.25, 0.3) is 0 Å². The standard InChI is InChI=1S/C9H18N2.ClH/c1-7-4-9(5-7)11-3-2-8(10)6-11;/h7-9H,2-6,10H2,1H3;1H/t7?,8-,9?;/m1./s1. The molecule has 1 saturated carbocycles. The summed E-state index contributed by atoms with van der Waals surface area (Å²) in [6.45, 7) is 4.74. The van der Waals surface area contributed by atoms with Gasteiger partial charge in [0.1, 0.15) is 0 Å². The highest BCUT2D eigenvalue weighted by molar-refractivity contribution is 5.85. The minimum Gasteiger partial charge on any atom is -0.326 e. The summed E-state index contributed by atoms with van der Waals surface area (Å²) in [5.74, 6) is 0.969. The normalized spacial score (nSPS) is 42.0. The second-order valence-corrected chi connectivity index (χ2v) is 4.27. The van der Waals surface area contributed by atoms with E-state index in [1.165, 1.54) is 25.8 Å². The summed E-state index contributed by atoms with van der Waals surface area (Å²) in [6.07, 6.45) is 4.03. The van der Waals surface area contributed by atoms with Crippen LogP contribution in [0.5, 0.6) is 0 Å². The number of likely N-dealkylation sites (tertiary alicyclic amines) is 1. The van der Waals surface area contributed by atoms with Crippen LogP contribution in [0.3, 0.4) is 0 Å². The lowest BCUT2D eigenvalue weighted by atomic mass is 9.81.